The Morgan fingerprint density at radius 1 is 0.950 bits per heavy atom. The fraction of sp³-hybridized carbons (Fsp3) is 0.440. The molecule has 0 aliphatic rings. The van der Waals surface area contributed by atoms with E-state index < -0.39 is 10.8 Å². The number of nitrogens with one attached hydrogen (secondary N) is 4. The van der Waals surface area contributed by atoms with Crippen LogP contribution in [0.4, 0.5) is 11.5 Å². The fourth-order valence-corrected chi connectivity index (χ4v) is 3.65. The molecule has 15 nitrogen and oxygen atoms in total. The number of aryl methyl sites for hydroxylation is 4. The first kappa shape index (κ1) is 33.5. The zero-order chi connectivity index (χ0) is 30.6. The summed E-state index contributed by atoms with van der Waals surface area (Å²) in [4.78, 5) is 51.7. The van der Waals surface area contributed by atoms with Crippen LogP contribution in [0.1, 0.15) is 43.6 Å². The van der Waals surface area contributed by atoms with Crippen LogP contribution in [0.3, 0.4) is 0 Å². The number of quaternary nitrogens is 1. The molecule has 0 saturated heterocycles. The highest BCUT2D eigenvalue weighted by Crippen LogP contribution is 2.16. The molecular formula is C25H41N10O5+. The van der Waals surface area contributed by atoms with Crippen molar-refractivity contribution >= 4 is 29.2 Å². The molecule has 0 saturated carbocycles. The number of nitro groups is 1. The zero-order valence-corrected chi connectivity index (χ0v) is 24.4. The van der Waals surface area contributed by atoms with Crippen molar-refractivity contribution in [2.45, 2.75) is 13.3 Å². The van der Waals surface area contributed by atoms with E-state index in [0.717, 1.165) is 25.6 Å². The first-order valence-electron chi connectivity index (χ1n) is 12.5. The minimum absolute atomic E-state index is 0.124. The maximum Gasteiger partial charge on any atom is 0.291 e. The summed E-state index contributed by atoms with van der Waals surface area (Å²) in [5.41, 5.74) is 6.88. The maximum absolute atomic E-state index is 12.8. The van der Waals surface area contributed by atoms with Crippen LogP contribution in [0.5, 0.6) is 0 Å². The monoisotopic (exact) mass is 561 g/mol. The summed E-state index contributed by atoms with van der Waals surface area (Å²) >= 11 is 0. The average Bonchev–Trinajstić information content (AvgIpc) is 3.52. The highest BCUT2D eigenvalue weighted by atomic mass is 16.6. The van der Waals surface area contributed by atoms with Gasteiger partial charge in [0.05, 0.1) is 26.3 Å². The molecule has 0 radical (unpaired) electrons. The van der Waals surface area contributed by atoms with Crippen LogP contribution in [0.25, 0.3) is 0 Å². The lowest BCUT2D eigenvalue weighted by Gasteiger charge is -2.08. The van der Waals surface area contributed by atoms with E-state index in [1.807, 2.05) is 13.1 Å². The summed E-state index contributed by atoms with van der Waals surface area (Å²) in [6.07, 6.45) is 5.97. The highest BCUT2D eigenvalue weighted by Gasteiger charge is 2.19. The minimum Gasteiger partial charge on any atom is -0.351 e. The van der Waals surface area contributed by atoms with Gasteiger partial charge >= 0.3 is 0 Å². The lowest BCUT2D eigenvalue weighted by Crippen LogP contribution is -3.05. The Labute approximate surface area is 233 Å². The van der Waals surface area contributed by atoms with Gasteiger partial charge in [0.25, 0.3) is 17.7 Å². The number of anilines is 2. The van der Waals surface area contributed by atoms with Crippen LogP contribution in [0, 0.1) is 17.0 Å². The Bertz CT molecular complexity index is 1300. The Morgan fingerprint density at radius 3 is 2.08 bits per heavy atom. The van der Waals surface area contributed by atoms with Gasteiger partial charge in [-0.3, -0.25) is 24.5 Å². The smallest absolute Gasteiger partial charge is 0.291 e. The molecule has 0 aromatic carbocycles. The predicted molar refractivity (Wildman–Crippen MR) is 152 cm³/mol. The van der Waals surface area contributed by atoms with E-state index in [1.54, 1.807) is 54.8 Å². The number of rotatable bonds is 9. The van der Waals surface area contributed by atoms with Gasteiger partial charge in [-0.15, -0.1) is 0 Å². The van der Waals surface area contributed by atoms with E-state index in [1.165, 1.54) is 16.5 Å². The highest BCUT2D eigenvalue weighted by molar-refractivity contribution is 6.05. The molecular weight excluding hydrogens is 520 g/mol. The molecule has 0 bridgehead atoms. The molecule has 0 fully saturated rings. The predicted octanol–water partition coefficient (Wildman–Crippen LogP) is -0.358. The van der Waals surface area contributed by atoms with Gasteiger partial charge in [-0.05, 0) is 31.7 Å². The number of amides is 3. The number of hydrogen-bond acceptors (Lipinski definition) is 7. The van der Waals surface area contributed by atoms with Crippen LogP contribution in [0.2, 0.25) is 0 Å². The molecule has 3 amide bonds. The minimum atomic E-state index is -0.500. The van der Waals surface area contributed by atoms with Crippen molar-refractivity contribution in [2.75, 3.05) is 51.9 Å². The molecule has 0 spiro atoms. The second-order valence-corrected chi connectivity index (χ2v) is 9.21. The molecule has 6 N–H and O–H groups in total. The van der Waals surface area contributed by atoms with Crippen molar-refractivity contribution in [3.63, 3.8) is 0 Å². The van der Waals surface area contributed by atoms with Crippen molar-refractivity contribution in [2.24, 2.45) is 26.9 Å². The van der Waals surface area contributed by atoms with Gasteiger partial charge < -0.3 is 40.3 Å². The number of carbonyl (C=O) groups is 3. The van der Waals surface area contributed by atoms with E-state index in [0.29, 0.717) is 23.6 Å². The molecule has 0 aliphatic heterocycles. The van der Waals surface area contributed by atoms with Gasteiger partial charge in [0.2, 0.25) is 5.82 Å². The number of carbonyl (C=O) groups excluding carboxylic acids is 3. The molecule has 3 rings (SSSR count). The lowest BCUT2D eigenvalue weighted by atomic mass is 10.3. The van der Waals surface area contributed by atoms with Crippen molar-refractivity contribution in [3.05, 3.63) is 63.6 Å². The summed E-state index contributed by atoms with van der Waals surface area (Å²) < 4.78 is 4.92. The topological polar surface area (TPSA) is 189 Å². The van der Waals surface area contributed by atoms with Crippen LogP contribution in [-0.2, 0) is 21.1 Å². The lowest BCUT2D eigenvalue weighted by molar-refractivity contribution is -0.858. The second kappa shape index (κ2) is 15.8. The van der Waals surface area contributed by atoms with Crippen molar-refractivity contribution in [1.82, 2.24) is 24.0 Å². The third kappa shape index (κ3) is 10.3. The first-order chi connectivity index (χ1) is 18.8. The van der Waals surface area contributed by atoms with E-state index in [9.17, 15) is 14.4 Å². The summed E-state index contributed by atoms with van der Waals surface area (Å²) in [6.45, 7) is 3.46. The Kier molecular flexibility index (Phi) is 13.2. The van der Waals surface area contributed by atoms with Gasteiger partial charge in [-0.25, -0.2) is 4.98 Å². The fourth-order valence-electron chi connectivity index (χ4n) is 3.65. The molecule has 0 aliphatic carbocycles. The zero-order valence-electron chi connectivity index (χ0n) is 24.4. The number of nitrogens with two attached hydrogens (primary N) is 1. The van der Waals surface area contributed by atoms with Crippen LogP contribution < -0.4 is 26.6 Å². The average molecular weight is 562 g/mol. The quantitative estimate of drug-likeness (QED) is 0.134. The summed E-state index contributed by atoms with van der Waals surface area (Å²) in [6, 6.07) is 3.39. The molecule has 3 aromatic rings. The van der Waals surface area contributed by atoms with Crippen LogP contribution in [-0.4, -0.2) is 82.6 Å². The SMILES string of the molecule is CN.C[N+](=O)[O-].Cc1cc(C(=O)Nc2cn(C)c(C(=O)Nc3cc(C(=O)NCCC[NH+](C)C)n(C)c3)n2)n(C)c1. The number of imidazole rings is 1. The standard InChI is InChI=1S/C23H32N8O3.CH3NO2.CH5N/c1-15-10-17(29(4)12-15)22(33)27-19-14-31(6)20(26-19)23(34)25-16-11-18(30(5)13-16)21(32)24-8-7-9-28(2)3;1-2(3)4;1-2/h10-14H,7-9H2,1-6H3,(H,24,32)(H,25,34)(H,27,33);1H3;2H2,1H3/p+1. The van der Waals surface area contributed by atoms with Gasteiger partial charge in [0.15, 0.2) is 12.9 Å². The summed E-state index contributed by atoms with van der Waals surface area (Å²) in [5, 5.41) is 17.2. The Balaban J connectivity index is 0.00000122. The third-order valence-corrected chi connectivity index (χ3v) is 5.33. The Morgan fingerprint density at radius 2 is 1.52 bits per heavy atom. The largest absolute Gasteiger partial charge is 0.351 e. The molecule has 3 heterocycles. The van der Waals surface area contributed by atoms with Crippen LogP contribution >= 0.6 is 0 Å². The van der Waals surface area contributed by atoms with E-state index in [2.05, 4.69) is 40.8 Å². The molecule has 40 heavy (non-hydrogen) atoms. The van der Waals surface area contributed by atoms with E-state index in [4.69, 9.17) is 10.1 Å². The van der Waals surface area contributed by atoms with Crippen molar-refractivity contribution in [3.8, 4) is 0 Å². The van der Waals surface area contributed by atoms with Gasteiger partial charge in [-0.2, -0.15) is 0 Å². The number of hydrogen-bond donors (Lipinski definition) is 5. The van der Waals surface area contributed by atoms with Gasteiger partial charge in [0.1, 0.15) is 11.4 Å². The summed E-state index contributed by atoms with van der Waals surface area (Å²) in [7, 11) is 11.7. The molecule has 3 aromatic heterocycles. The summed E-state index contributed by atoms with van der Waals surface area (Å²) in [5.74, 6) is -0.575. The third-order valence-electron chi connectivity index (χ3n) is 5.33. The molecule has 0 unspecified atom stereocenters. The molecule has 0 atom stereocenters. The second-order valence-electron chi connectivity index (χ2n) is 9.21. The first-order valence-corrected chi connectivity index (χ1v) is 12.5. The number of aromatic nitrogens is 4. The molecule has 220 valence electrons. The molecule has 15 heteroatoms. The van der Waals surface area contributed by atoms with Gasteiger partial charge in [0, 0.05) is 57.6 Å². The van der Waals surface area contributed by atoms with E-state index in [-0.39, 0.29) is 23.5 Å². The van der Waals surface area contributed by atoms with E-state index >= 15 is 0 Å². The van der Waals surface area contributed by atoms with Crippen molar-refractivity contribution in [1.29, 1.82) is 0 Å². The Hall–Kier alpha value is -4.50. The van der Waals surface area contributed by atoms with Gasteiger partial charge in [-0.1, -0.05) is 0 Å². The normalized spacial score (nSPS) is 10.2. The van der Waals surface area contributed by atoms with Crippen LogP contribution in [0.15, 0.2) is 30.7 Å². The number of nitrogens with zero attached hydrogens (tertiary/aromatic N) is 5. The maximum atomic E-state index is 12.8. The van der Waals surface area contributed by atoms with Crippen molar-refractivity contribution < 1.29 is 24.2 Å².